The Morgan fingerprint density at radius 1 is 1.18 bits per heavy atom. The van der Waals surface area contributed by atoms with Crippen molar-refractivity contribution in [2.24, 2.45) is 0 Å². The van der Waals surface area contributed by atoms with Crippen molar-refractivity contribution < 1.29 is 23.9 Å². The number of quaternary nitrogens is 1. The summed E-state index contributed by atoms with van der Waals surface area (Å²) in [5, 5.41) is 0. The first-order valence-electron chi connectivity index (χ1n) is 7.93. The highest BCUT2D eigenvalue weighted by Crippen LogP contribution is 2.15. The normalized spacial score (nSPS) is 24.9. The van der Waals surface area contributed by atoms with Crippen LogP contribution in [0.5, 0.6) is 5.75 Å². The molecular weight excluding hydrogens is 282 g/mol. The SMILES string of the molecule is C[C@@H]1C[NH+](CCOCCOc2ccccc2C=O)C[C@H](C)O1. The first-order valence-corrected chi connectivity index (χ1v) is 7.93. The summed E-state index contributed by atoms with van der Waals surface area (Å²) in [5.74, 6) is 0.613. The van der Waals surface area contributed by atoms with Gasteiger partial charge in [0.05, 0.1) is 18.8 Å². The monoisotopic (exact) mass is 308 g/mol. The van der Waals surface area contributed by atoms with Gasteiger partial charge in [0.25, 0.3) is 0 Å². The van der Waals surface area contributed by atoms with E-state index in [9.17, 15) is 4.79 Å². The van der Waals surface area contributed by atoms with E-state index in [1.807, 2.05) is 12.1 Å². The predicted molar refractivity (Wildman–Crippen MR) is 83.7 cm³/mol. The van der Waals surface area contributed by atoms with E-state index in [0.29, 0.717) is 43.3 Å². The quantitative estimate of drug-likeness (QED) is 0.564. The molecule has 0 bridgehead atoms. The van der Waals surface area contributed by atoms with Crippen LogP contribution in [0.25, 0.3) is 0 Å². The second kappa shape index (κ2) is 8.88. The zero-order chi connectivity index (χ0) is 15.8. The summed E-state index contributed by atoms with van der Waals surface area (Å²) in [6, 6.07) is 7.21. The first kappa shape index (κ1) is 16.9. The van der Waals surface area contributed by atoms with Gasteiger partial charge in [0.1, 0.15) is 44.2 Å². The van der Waals surface area contributed by atoms with Crippen LogP contribution in [0.2, 0.25) is 0 Å². The average Bonchev–Trinajstić information content (AvgIpc) is 2.50. The molecule has 22 heavy (non-hydrogen) atoms. The first-order chi connectivity index (χ1) is 10.7. The summed E-state index contributed by atoms with van der Waals surface area (Å²) in [6.45, 7) is 9.01. The smallest absolute Gasteiger partial charge is 0.153 e. The molecule has 1 aromatic rings. The van der Waals surface area contributed by atoms with E-state index in [0.717, 1.165) is 25.9 Å². The van der Waals surface area contributed by atoms with E-state index in [1.165, 1.54) is 4.90 Å². The van der Waals surface area contributed by atoms with Gasteiger partial charge in [0.2, 0.25) is 0 Å². The molecule has 3 atom stereocenters. The summed E-state index contributed by atoms with van der Waals surface area (Å²) in [5.41, 5.74) is 0.572. The maximum absolute atomic E-state index is 10.9. The van der Waals surface area contributed by atoms with Crippen molar-refractivity contribution >= 4 is 6.29 Å². The largest absolute Gasteiger partial charge is 0.490 e. The lowest BCUT2D eigenvalue weighted by molar-refractivity contribution is -0.915. The molecule has 0 saturated carbocycles. The highest BCUT2D eigenvalue weighted by molar-refractivity contribution is 5.79. The Bertz CT molecular complexity index is 456. The van der Waals surface area contributed by atoms with Crippen LogP contribution in [0.4, 0.5) is 0 Å². The molecule has 1 heterocycles. The lowest BCUT2D eigenvalue weighted by Gasteiger charge is -2.32. The standard InChI is InChI=1S/C17H25NO4/c1-14-11-18(12-15(2)22-14)7-8-20-9-10-21-17-6-4-3-5-16(17)13-19/h3-6,13-15H,7-12H2,1-2H3/p+1/t14-,15+. The van der Waals surface area contributed by atoms with Gasteiger partial charge in [-0.25, -0.2) is 0 Å². The molecular formula is C17H26NO4+. The van der Waals surface area contributed by atoms with Crippen molar-refractivity contribution in [3.05, 3.63) is 29.8 Å². The number of morpholine rings is 1. The van der Waals surface area contributed by atoms with Crippen molar-refractivity contribution in [1.82, 2.24) is 0 Å². The number of hydrogen-bond donors (Lipinski definition) is 1. The molecule has 0 spiro atoms. The van der Waals surface area contributed by atoms with Crippen LogP contribution in [0.3, 0.4) is 0 Å². The molecule has 1 aromatic carbocycles. The second-order valence-electron chi connectivity index (χ2n) is 5.78. The molecule has 0 aliphatic carbocycles. The number of para-hydroxylation sites is 1. The number of nitrogens with one attached hydrogen (secondary N) is 1. The van der Waals surface area contributed by atoms with Gasteiger partial charge >= 0.3 is 0 Å². The number of benzene rings is 1. The highest BCUT2D eigenvalue weighted by Gasteiger charge is 2.24. The van der Waals surface area contributed by atoms with Gasteiger partial charge in [0.15, 0.2) is 6.29 Å². The van der Waals surface area contributed by atoms with Crippen molar-refractivity contribution in [1.29, 1.82) is 0 Å². The molecule has 1 N–H and O–H groups in total. The zero-order valence-corrected chi connectivity index (χ0v) is 13.4. The lowest BCUT2D eigenvalue weighted by Crippen LogP contribution is -3.15. The van der Waals surface area contributed by atoms with E-state index < -0.39 is 0 Å². The minimum atomic E-state index is 0.321. The van der Waals surface area contributed by atoms with Gasteiger partial charge in [0, 0.05) is 0 Å². The van der Waals surface area contributed by atoms with Crippen LogP contribution in [-0.2, 0) is 9.47 Å². The van der Waals surface area contributed by atoms with E-state index >= 15 is 0 Å². The third-order valence-electron chi connectivity index (χ3n) is 3.75. The highest BCUT2D eigenvalue weighted by atomic mass is 16.5. The summed E-state index contributed by atoms with van der Waals surface area (Å²) in [6.07, 6.45) is 1.45. The summed E-state index contributed by atoms with van der Waals surface area (Å²) < 4.78 is 16.9. The third kappa shape index (κ3) is 5.40. The van der Waals surface area contributed by atoms with Gasteiger partial charge < -0.3 is 19.1 Å². The van der Waals surface area contributed by atoms with Crippen LogP contribution < -0.4 is 9.64 Å². The van der Waals surface area contributed by atoms with Gasteiger partial charge in [-0.1, -0.05) is 12.1 Å². The van der Waals surface area contributed by atoms with E-state index in [-0.39, 0.29) is 0 Å². The molecule has 2 rings (SSSR count). The number of aldehydes is 1. The Hall–Kier alpha value is -1.43. The Morgan fingerprint density at radius 3 is 2.64 bits per heavy atom. The predicted octanol–water partition coefficient (Wildman–Crippen LogP) is 0.587. The Balaban J connectivity index is 1.59. The van der Waals surface area contributed by atoms with Gasteiger partial charge in [-0.2, -0.15) is 0 Å². The van der Waals surface area contributed by atoms with Crippen LogP contribution in [0.15, 0.2) is 24.3 Å². The lowest BCUT2D eigenvalue weighted by atomic mass is 10.2. The number of ether oxygens (including phenoxy) is 3. The van der Waals surface area contributed by atoms with Crippen molar-refractivity contribution in [2.75, 3.05) is 39.5 Å². The van der Waals surface area contributed by atoms with Gasteiger partial charge in [-0.3, -0.25) is 4.79 Å². The molecule has 0 aromatic heterocycles. The summed E-state index contributed by atoms with van der Waals surface area (Å²) in [4.78, 5) is 12.4. The molecule has 1 aliphatic heterocycles. The zero-order valence-electron chi connectivity index (χ0n) is 13.4. The van der Waals surface area contributed by atoms with Crippen molar-refractivity contribution in [3.8, 4) is 5.75 Å². The van der Waals surface area contributed by atoms with Gasteiger partial charge in [-0.05, 0) is 26.0 Å². The minimum Gasteiger partial charge on any atom is -0.490 e. The third-order valence-corrected chi connectivity index (χ3v) is 3.75. The fourth-order valence-electron chi connectivity index (χ4n) is 2.83. The summed E-state index contributed by atoms with van der Waals surface area (Å²) >= 11 is 0. The number of carbonyl (C=O) groups is 1. The van der Waals surface area contributed by atoms with E-state index in [1.54, 1.807) is 12.1 Å². The molecule has 1 fully saturated rings. The Labute approximate surface area is 132 Å². The topological polar surface area (TPSA) is 49.2 Å². The fraction of sp³-hybridized carbons (Fsp3) is 0.588. The maximum atomic E-state index is 10.9. The molecule has 1 unspecified atom stereocenters. The number of hydrogen-bond acceptors (Lipinski definition) is 4. The Morgan fingerprint density at radius 2 is 1.91 bits per heavy atom. The maximum Gasteiger partial charge on any atom is 0.153 e. The van der Waals surface area contributed by atoms with E-state index in [2.05, 4.69) is 13.8 Å². The second-order valence-corrected chi connectivity index (χ2v) is 5.78. The van der Waals surface area contributed by atoms with Crippen LogP contribution >= 0.6 is 0 Å². The van der Waals surface area contributed by atoms with Crippen molar-refractivity contribution in [3.63, 3.8) is 0 Å². The van der Waals surface area contributed by atoms with Crippen molar-refractivity contribution in [2.45, 2.75) is 26.1 Å². The molecule has 0 amide bonds. The molecule has 0 radical (unpaired) electrons. The average molecular weight is 308 g/mol. The van der Waals surface area contributed by atoms with E-state index in [4.69, 9.17) is 14.2 Å². The molecule has 1 aliphatic rings. The molecule has 122 valence electrons. The fourth-order valence-corrected chi connectivity index (χ4v) is 2.83. The van der Waals surface area contributed by atoms with Crippen LogP contribution in [0.1, 0.15) is 24.2 Å². The minimum absolute atomic E-state index is 0.321. The van der Waals surface area contributed by atoms with Crippen LogP contribution in [-0.4, -0.2) is 57.9 Å². The number of rotatable bonds is 8. The Kier molecular flexibility index (Phi) is 6.83. The molecule has 5 heteroatoms. The molecule has 1 saturated heterocycles. The summed E-state index contributed by atoms with van der Waals surface area (Å²) in [7, 11) is 0. The molecule has 5 nitrogen and oxygen atoms in total. The van der Waals surface area contributed by atoms with Gasteiger partial charge in [-0.15, -0.1) is 0 Å². The van der Waals surface area contributed by atoms with Crippen LogP contribution in [0, 0.1) is 0 Å². The number of carbonyl (C=O) groups excluding carboxylic acids is 1.